The van der Waals surface area contributed by atoms with Crippen molar-refractivity contribution in [3.63, 3.8) is 0 Å². The molecule has 1 aliphatic rings. The van der Waals surface area contributed by atoms with Crippen LogP contribution in [0.2, 0.25) is 0 Å². The highest BCUT2D eigenvalue weighted by atomic mass is 16.1. The minimum absolute atomic E-state index is 0.0584. The van der Waals surface area contributed by atoms with E-state index in [1.165, 1.54) is 19.3 Å². The number of anilines is 1. The minimum atomic E-state index is -0.122. The summed E-state index contributed by atoms with van der Waals surface area (Å²) in [7, 11) is 0. The van der Waals surface area contributed by atoms with E-state index in [-0.39, 0.29) is 18.0 Å². The van der Waals surface area contributed by atoms with E-state index in [4.69, 9.17) is 0 Å². The molecule has 2 rings (SSSR count). The highest BCUT2D eigenvalue weighted by Crippen LogP contribution is 2.19. The Morgan fingerprint density at radius 3 is 2.46 bits per heavy atom. The SMILES string of the molecule is CCNC(=NCC(=O)Nc1ccccc1)NCC(C)(C)N1CCCCC1. The Bertz CT molecular complexity index is 579. The molecule has 1 saturated heterocycles. The lowest BCUT2D eigenvalue weighted by atomic mass is 9.98. The van der Waals surface area contributed by atoms with Crippen molar-refractivity contribution in [1.82, 2.24) is 15.5 Å². The summed E-state index contributed by atoms with van der Waals surface area (Å²) in [4.78, 5) is 19.0. The van der Waals surface area contributed by atoms with Crippen molar-refractivity contribution in [2.75, 3.05) is 38.0 Å². The van der Waals surface area contributed by atoms with Gasteiger partial charge < -0.3 is 16.0 Å². The van der Waals surface area contributed by atoms with Crippen LogP contribution < -0.4 is 16.0 Å². The molecular formula is C20H33N5O. The second-order valence-electron chi connectivity index (χ2n) is 7.32. The van der Waals surface area contributed by atoms with Crippen LogP contribution in [0, 0.1) is 0 Å². The highest BCUT2D eigenvalue weighted by Gasteiger charge is 2.27. The van der Waals surface area contributed by atoms with Crippen molar-refractivity contribution in [2.45, 2.75) is 45.6 Å². The Hall–Kier alpha value is -2.08. The maximum absolute atomic E-state index is 12.1. The number of rotatable bonds is 7. The van der Waals surface area contributed by atoms with E-state index in [2.05, 4.69) is 39.7 Å². The molecule has 1 fully saturated rings. The first kappa shape index (κ1) is 20.2. The molecule has 1 aromatic carbocycles. The maximum Gasteiger partial charge on any atom is 0.246 e. The number of piperidine rings is 1. The van der Waals surface area contributed by atoms with Gasteiger partial charge in [-0.3, -0.25) is 9.69 Å². The molecule has 144 valence electrons. The summed E-state index contributed by atoms with van der Waals surface area (Å²) in [5.74, 6) is 0.560. The average Bonchev–Trinajstić information content (AvgIpc) is 2.65. The van der Waals surface area contributed by atoms with E-state index in [1.807, 2.05) is 37.3 Å². The van der Waals surface area contributed by atoms with Crippen LogP contribution in [0.5, 0.6) is 0 Å². The number of benzene rings is 1. The molecule has 26 heavy (non-hydrogen) atoms. The van der Waals surface area contributed by atoms with E-state index < -0.39 is 0 Å². The lowest BCUT2D eigenvalue weighted by Gasteiger charge is -2.41. The number of para-hydroxylation sites is 1. The van der Waals surface area contributed by atoms with Crippen molar-refractivity contribution in [1.29, 1.82) is 0 Å². The standard InChI is InChI=1S/C20H33N5O/c1-4-21-19(22-15-18(26)24-17-11-7-5-8-12-17)23-16-20(2,3)25-13-9-6-10-14-25/h5,7-8,11-12H,4,6,9-10,13-16H2,1-3H3,(H,24,26)(H2,21,22,23). The number of nitrogens with zero attached hydrogens (tertiary/aromatic N) is 2. The van der Waals surface area contributed by atoms with Crippen LogP contribution in [-0.2, 0) is 4.79 Å². The molecule has 0 spiro atoms. The summed E-state index contributed by atoms with van der Waals surface area (Å²) in [5, 5.41) is 9.47. The number of aliphatic imine (C=N–C) groups is 1. The van der Waals surface area contributed by atoms with Crippen molar-refractivity contribution in [2.24, 2.45) is 4.99 Å². The summed E-state index contributed by atoms with van der Waals surface area (Å²) < 4.78 is 0. The summed E-state index contributed by atoms with van der Waals surface area (Å²) in [6.07, 6.45) is 3.88. The molecule has 3 N–H and O–H groups in total. The molecule has 1 amide bonds. The third kappa shape index (κ3) is 6.67. The summed E-state index contributed by atoms with van der Waals surface area (Å²) >= 11 is 0. The molecule has 0 aliphatic carbocycles. The fraction of sp³-hybridized carbons (Fsp3) is 0.600. The van der Waals surface area contributed by atoms with Crippen molar-refractivity contribution in [3.8, 4) is 0 Å². The van der Waals surface area contributed by atoms with E-state index >= 15 is 0 Å². The Labute approximate surface area is 157 Å². The van der Waals surface area contributed by atoms with Gasteiger partial charge in [0, 0.05) is 24.3 Å². The van der Waals surface area contributed by atoms with Gasteiger partial charge in [0.15, 0.2) is 5.96 Å². The number of carbonyl (C=O) groups is 1. The van der Waals surface area contributed by atoms with Crippen molar-refractivity contribution in [3.05, 3.63) is 30.3 Å². The van der Waals surface area contributed by atoms with E-state index in [0.29, 0.717) is 5.96 Å². The summed E-state index contributed by atoms with van der Waals surface area (Å²) in [6, 6.07) is 9.45. The first-order chi connectivity index (χ1) is 12.5. The molecule has 0 radical (unpaired) electrons. The number of nitrogens with one attached hydrogen (secondary N) is 3. The largest absolute Gasteiger partial charge is 0.357 e. The van der Waals surface area contributed by atoms with E-state index in [1.54, 1.807) is 0 Å². The van der Waals surface area contributed by atoms with E-state index in [0.717, 1.165) is 31.9 Å². The Kier molecular flexibility index (Phi) is 7.91. The van der Waals surface area contributed by atoms with Gasteiger partial charge in [-0.15, -0.1) is 0 Å². The zero-order valence-electron chi connectivity index (χ0n) is 16.3. The highest BCUT2D eigenvalue weighted by molar-refractivity contribution is 5.94. The fourth-order valence-corrected chi connectivity index (χ4v) is 3.13. The van der Waals surface area contributed by atoms with E-state index in [9.17, 15) is 4.79 Å². The summed E-state index contributed by atoms with van der Waals surface area (Å²) in [5.41, 5.74) is 0.847. The van der Waals surface area contributed by atoms with Gasteiger partial charge in [0.05, 0.1) is 0 Å². The number of likely N-dealkylation sites (tertiary alicyclic amines) is 1. The van der Waals surface area contributed by atoms with Gasteiger partial charge in [0.2, 0.25) is 5.91 Å². The minimum Gasteiger partial charge on any atom is -0.357 e. The van der Waals surface area contributed by atoms with Gasteiger partial charge in [-0.2, -0.15) is 0 Å². The topological polar surface area (TPSA) is 68.8 Å². The number of guanidine groups is 1. The fourth-order valence-electron chi connectivity index (χ4n) is 3.13. The monoisotopic (exact) mass is 359 g/mol. The van der Waals surface area contributed by atoms with Crippen LogP contribution in [0.3, 0.4) is 0 Å². The summed E-state index contributed by atoms with van der Waals surface area (Å²) in [6.45, 7) is 10.5. The molecule has 6 nitrogen and oxygen atoms in total. The molecule has 1 heterocycles. The van der Waals surface area contributed by atoms with Crippen LogP contribution in [0.15, 0.2) is 35.3 Å². The predicted octanol–water partition coefficient (Wildman–Crippen LogP) is 2.44. The lowest BCUT2D eigenvalue weighted by Crippen LogP contribution is -2.55. The van der Waals surface area contributed by atoms with Crippen LogP contribution in [0.1, 0.15) is 40.0 Å². The third-order valence-electron chi connectivity index (χ3n) is 4.68. The lowest BCUT2D eigenvalue weighted by molar-refractivity contribution is -0.114. The molecule has 0 unspecified atom stereocenters. The molecule has 1 aliphatic heterocycles. The third-order valence-corrected chi connectivity index (χ3v) is 4.68. The van der Waals surface area contributed by atoms with Crippen molar-refractivity contribution < 1.29 is 4.79 Å². The molecule has 0 aromatic heterocycles. The number of amides is 1. The van der Waals surface area contributed by atoms with Crippen molar-refractivity contribution >= 4 is 17.6 Å². The van der Waals surface area contributed by atoms with Gasteiger partial charge in [-0.25, -0.2) is 4.99 Å². The van der Waals surface area contributed by atoms with Crippen LogP contribution in [-0.4, -0.2) is 55.0 Å². The quantitative estimate of drug-likeness (QED) is 0.517. The van der Waals surface area contributed by atoms with Gasteiger partial charge in [0.1, 0.15) is 6.54 Å². The zero-order chi connectivity index (χ0) is 18.8. The Morgan fingerprint density at radius 1 is 1.12 bits per heavy atom. The first-order valence-electron chi connectivity index (χ1n) is 9.63. The Balaban J connectivity index is 1.86. The van der Waals surface area contributed by atoms with Gasteiger partial charge in [0.25, 0.3) is 0 Å². The predicted molar refractivity (Wildman–Crippen MR) is 109 cm³/mol. The number of carbonyl (C=O) groups excluding carboxylic acids is 1. The van der Waals surface area contributed by atoms with Gasteiger partial charge >= 0.3 is 0 Å². The smallest absolute Gasteiger partial charge is 0.246 e. The molecule has 0 bridgehead atoms. The number of hydrogen-bond acceptors (Lipinski definition) is 3. The van der Waals surface area contributed by atoms with Crippen LogP contribution in [0.25, 0.3) is 0 Å². The molecule has 6 heteroatoms. The normalized spacial score (nSPS) is 16.2. The van der Waals surface area contributed by atoms with Gasteiger partial charge in [-0.1, -0.05) is 24.6 Å². The maximum atomic E-state index is 12.1. The second-order valence-corrected chi connectivity index (χ2v) is 7.32. The number of hydrogen-bond donors (Lipinski definition) is 3. The molecule has 0 saturated carbocycles. The molecule has 0 atom stereocenters. The average molecular weight is 360 g/mol. The molecule has 1 aromatic rings. The van der Waals surface area contributed by atoms with Gasteiger partial charge in [-0.05, 0) is 58.8 Å². The molecular weight excluding hydrogens is 326 g/mol. The van der Waals surface area contributed by atoms with Crippen LogP contribution >= 0.6 is 0 Å². The first-order valence-corrected chi connectivity index (χ1v) is 9.63. The Morgan fingerprint density at radius 2 is 1.81 bits per heavy atom. The van der Waals surface area contributed by atoms with Crippen LogP contribution in [0.4, 0.5) is 5.69 Å². The zero-order valence-corrected chi connectivity index (χ0v) is 16.3. The second kappa shape index (κ2) is 10.2.